The molecule has 0 heterocycles. The third kappa shape index (κ3) is 12.3. The molecule has 2 N–H and O–H groups in total. The van der Waals surface area contributed by atoms with Crippen molar-refractivity contribution in [2.75, 3.05) is 0 Å². The predicted molar refractivity (Wildman–Crippen MR) is 127 cm³/mol. The molecule has 2 aromatic rings. The van der Waals surface area contributed by atoms with Gasteiger partial charge < -0.3 is 25.2 Å². The Labute approximate surface area is 226 Å². The van der Waals surface area contributed by atoms with Gasteiger partial charge in [-0.1, -0.05) is 76.1 Å². The van der Waals surface area contributed by atoms with Crippen LogP contribution in [0.4, 0.5) is 0 Å². The molecule has 0 aromatic heterocycles. The number of phenols is 1. The van der Waals surface area contributed by atoms with Crippen LogP contribution in [0.1, 0.15) is 97.1 Å². The smallest absolute Gasteiger partial charge is 0.872 e. The molecular formula is C26H34CaO6. The number of hydrogen-bond donors (Lipinski definition) is 2. The summed E-state index contributed by atoms with van der Waals surface area (Å²) in [4.78, 5) is 21.4. The molecule has 0 aliphatic carbocycles. The summed E-state index contributed by atoms with van der Waals surface area (Å²) in [7, 11) is 0. The van der Waals surface area contributed by atoms with Crippen molar-refractivity contribution in [3.05, 3.63) is 58.7 Å². The summed E-state index contributed by atoms with van der Waals surface area (Å²) in [5, 5.41) is 40.5. The monoisotopic (exact) mass is 482 g/mol. The van der Waals surface area contributed by atoms with Crippen molar-refractivity contribution in [1.82, 2.24) is 0 Å². The van der Waals surface area contributed by atoms with Gasteiger partial charge in [-0.3, -0.25) is 0 Å². The van der Waals surface area contributed by atoms with Crippen molar-refractivity contribution >= 4 is 49.7 Å². The minimum absolute atomic E-state index is 0. The average molecular weight is 483 g/mol. The first kappa shape index (κ1) is 31.2. The Bertz CT molecular complexity index is 794. The summed E-state index contributed by atoms with van der Waals surface area (Å²) in [5.74, 6) is -2.06. The fourth-order valence-electron chi connectivity index (χ4n) is 3.31. The predicted octanol–water partition coefficient (Wildman–Crippen LogP) is 4.08. The van der Waals surface area contributed by atoms with Crippen molar-refractivity contribution in [1.29, 1.82) is 0 Å². The van der Waals surface area contributed by atoms with E-state index in [-0.39, 0.29) is 60.4 Å². The molecule has 0 unspecified atom stereocenters. The van der Waals surface area contributed by atoms with E-state index in [0.717, 1.165) is 50.5 Å². The van der Waals surface area contributed by atoms with Crippen molar-refractivity contribution < 1.29 is 30.0 Å². The second kappa shape index (κ2) is 17.7. The molecule has 176 valence electrons. The number of carboxylic acid groups (broad SMARTS) is 2. The topological polar surface area (TPSA) is 121 Å². The molecule has 2 aromatic carbocycles. The summed E-state index contributed by atoms with van der Waals surface area (Å²) in [6.07, 6.45) is 10.1. The fraction of sp³-hybridized carbons (Fsp3) is 0.462. The summed E-state index contributed by atoms with van der Waals surface area (Å²) >= 11 is 0. The molecule has 0 amide bonds. The Kier molecular flexibility index (Phi) is 16.7. The number of aryl methyl sites for hydroxylation is 2. The maximum atomic E-state index is 11.4. The van der Waals surface area contributed by atoms with Gasteiger partial charge in [0.15, 0.2) is 0 Å². The zero-order valence-electron chi connectivity index (χ0n) is 19.8. The van der Waals surface area contributed by atoms with Gasteiger partial charge in [0.2, 0.25) is 0 Å². The molecule has 0 aliphatic rings. The van der Waals surface area contributed by atoms with Crippen LogP contribution < -0.4 is 10.2 Å². The molecule has 0 radical (unpaired) electrons. The van der Waals surface area contributed by atoms with Crippen molar-refractivity contribution in [3.63, 3.8) is 0 Å². The van der Waals surface area contributed by atoms with Gasteiger partial charge in [0.25, 0.3) is 0 Å². The van der Waals surface area contributed by atoms with Crippen LogP contribution >= 0.6 is 0 Å². The number of carboxylic acids is 2. The molecule has 0 bridgehead atoms. The molecule has 0 saturated carbocycles. The molecule has 0 aliphatic heterocycles. The summed E-state index contributed by atoms with van der Waals surface area (Å²) in [6, 6.07) is 8.48. The average Bonchev–Trinajstić information content (AvgIpc) is 2.76. The van der Waals surface area contributed by atoms with Gasteiger partial charge in [-0.15, -0.1) is 5.75 Å². The first-order chi connectivity index (χ1) is 15.3. The van der Waals surface area contributed by atoms with Crippen LogP contribution in [0.5, 0.6) is 11.5 Å². The molecule has 2 rings (SSSR count). The number of unbranched alkanes of at least 4 members (excludes halogenated alkanes) is 6. The maximum absolute atomic E-state index is 11.4. The largest absolute Gasteiger partial charge is 2.00 e. The van der Waals surface area contributed by atoms with E-state index in [9.17, 15) is 24.9 Å². The van der Waals surface area contributed by atoms with E-state index in [1.54, 1.807) is 6.07 Å². The van der Waals surface area contributed by atoms with E-state index < -0.39 is 11.9 Å². The zero-order valence-corrected chi connectivity index (χ0v) is 22.0. The Morgan fingerprint density at radius 1 is 0.788 bits per heavy atom. The third-order valence-electron chi connectivity index (χ3n) is 5.22. The minimum Gasteiger partial charge on any atom is -0.872 e. The number of benzene rings is 2. The van der Waals surface area contributed by atoms with Gasteiger partial charge in [-0.05, 0) is 55.0 Å². The quantitative estimate of drug-likeness (QED) is 0.347. The number of hydrogen-bond acceptors (Lipinski definition) is 5. The second-order valence-corrected chi connectivity index (χ2v) is 7.88. The van der Waals surface area contributed by atoms with Gasteiger partial charge in [-0.2, -0.15) is 0 Å². The van der Waals surface area contributed by atoms with E-state index in [1.807, 2.05) is 0 Å². The van der Waals surface area contributed by atoms with E-state index in [2.05, 4.69) is 13.8 Å². The Hall–Kier alpha value is -1.76. The third-order valence-corrected chi connectivity index (χ3v) is 5.22. The van der Waals surface area contributed by atoms with Gasteiger partial charge in [0.1, 0.15) is 5.75 Å². The van der Waals surface area contributed by atoms with Crippen molar-refractivity contribution in [2.24, 2.45) is 0 Å². The summed E-state index contributed by atoms with van der Waals surface area (Å²) in [6.45, 7) is 4.26. The first-order valence-corrected chi connectivity index (χ1v) is 11.4. The molecule has 33 heavy (non-hydrogen) atoms. The SMILES string of the molecule is CCCCCCc1cc(C(=O)O)ccc1O.CCCCCCc1cc(C(=O)[O-])ccc1[O-].[Ca+2]. The standard InChI is InChI=1S/2C13H18O3.Ca/c2*1-2-3-4-5-6-10-9-11(13(15)16)7-8-12(10)14;/h2*7-9,14H,2-6H2,1H3,(H,15,16);/q;;+2/p-2. The minimum atomic E-state index is -1.23. The van der Waals surface area contributed by atoms with Gasteiger partial charge >= 0.3 is 43.7 Å². The molecule has 0 spiro atoms. The van der Waals surface area contributed by atoms with E-state index in [1.165, 1.54) is 43.2 Å². The summed E-state index contributed by atoms with van der Waals surface area (Å²) < 4.78 is 0. The number of aromatic hydroxyl groups is 1. The Balaban J connectivity index is 0.000000602. The van der Waals surface area contributed by atoms with E-state index in [0.29, 0.717) is 12.0 Å². The van der Waals surface area contributed by atoms with Crippen molar-refractivity contribution in [2.45, 2.75) is 78.1 Å². The van der Waals surface area contributed by atoms with Crippen LogP contribution in [-0.4, -0.2) is 59.9 Å². The van der Waals surface area contributed by atoms with Gasteiger partial charge in [-0.25, -0.2) is 4.79 Å². The van der Waals surface area contributed by atoms with Crippen LogP contribution in [0.15, 0.2) is 36.4 Å². The van der Waals surface area contributed by atoms with Gasteiger partial charge in [0, 0.05) is 0 Å². The maximum Gasteiger partial charge on any atom is 2.00 e. The van der Waals surface area contributed by atoms with Crippen LogP contribution in [0.25, 0.3) is 0 Å². The van der Waals surface area contributed by atoms with Crippen LogP contribution in [-0.2, 0) is 12.8 Å². The molecule has 6 nitrogen and oxygen atoms in total. The number of carbonyl (C=O) groups is 2. The molecule has 0 fully saturated rings. The number of aromatic carboxylic acids is 2. The fourth-order valence-corrected chi connectivity index (χ4v) is 3.31. The van der Waals surface area contributed by atoms with E-state index in [4.69, 9.17) is 5.11 Å². The number of phenolic OH excluding ortho intramolecular Hbond substituents is 1. The van der Waals surface area contributed by atoms with Crippen LogP contribution in [0, 0.1) is 0 Å². The summed E-state index contributed by atoms with van der Waals surface area (Å²) in [5.41, 5.74) is 1.64. The van der Waals surface area contributed by atoms with E-state index >= 15 is 0 Å². The van der Waals surface area contributed by atoms with Crippen LogP contribution in [0.2, 0.25) is 0 Å². The molecule has 7 heteroatoms. The number of rotatable bonds is 12. The Morgan fingerprint density at radius 3 is 1.82 bits per heavy atom. The number of carbonyl (C=O) groups excluding carboxylic acids is 1. The molecule has 0 saturated heterocycles. The molecular weight excluding hydrogens is 448 g/mol. The Morgan fingerprint density at radius 2 is 1.30 bits per heavy atom. The zero-order chi connectivity index (χ0) is 23.9. The van der Waals surface area contributed by atoms with Crippen LogP contribution in [0.3, 0.4) is 0 Å². The van der Waals surface area contributed by atoms with Gasteiger partial charge in [0.05, 0.1) is 11.5 Å². The molecule has 0 atom stereocenters. The second-order valence-electron chi connectivity index (χ2n) is 7.88. The first-order valence-electron chi connectivity index (χ1n) is 11.4. The van der Waals surface area contributed by atoms with Crippen molar-refractivity contribution in [3.8, 4) is 11.5 Å². The normalized spacial score (nSPS) is 10.0.